The number of aromatic nitrogens is 1. The number of amides is 1. The second-order valence-corrected chi connectivity index (χ2v) is 11.0. The first-order valence-corrected chi connectivity index (χ1v) is 13.3. The van der Waals surface area contributed by atoms with Gasteiger partial charge in [0.05, 0.1) is 26.8 Å². The zero-order chi connectivity index (χ0) is 24.5. The van der Waals surface area contributed by atoms with Crippen LogP contribution in [0.2, 0.25) is 0 Å². The van der Waals surface area contributed by atoms with Crippen molar-refractivity contribution in [2.75, 3.05) is 17.9 Å². The van der Waals surface area contributed by atoms with E-state index in [1.807, 2.05) is 37.3 Å². The summed E-state index contributed by atoms with van der Waals surface area (Å²) in [6.07, 6.45) is 0. The molecule has 0 bridgehead atoms. The van der Waals surface area contributed by atoms with E-state index < -0.39 is 10.0 Å². The molecule has 0 radical (unpaired) electrons. The predicted molar refractivity (Wildman–Crippen MR) is 138 cm³/mol. The topological polar surface area (TPSA) is 70.6 Å². The van der Waals surface area contributed by atoms with Gasteiger partial charge in [-0.3, -0.25) is 9.10 Å². The Bertz CT molecular complexity index is 1400. The maximum Gasteiger partial charge on any atom is 0.264 e. The van der Waals surface area contributed by atoms with Crippen molar-refractivity contribution in [3.8, 4) is 0 Å². The van der Waals surface area contributed by atoms with E-state index in [1.54, 1.807) is 73.5 Å². The highest BCUT2D eigenvalue weighted by Crippen LogP contribution is 2.31. The molecule has 4 rings (SSSR count). The van der Waals surface area contributed by atoms with Gasteiger partial charge in [0, 0.05) is 19.2 Å². The molecule has 0 N–H and O–H groups in total. The fourth-order valence-corrected chi connectivity index (χ4v) is 6.62. The maximum absolute atomic E-state index is 13.6. The molecule has 6 nitrogen and oxygen atoms in total. The Hall–Kier alpha value is -3.23. The summed E-state index contributed by atoms with van der Waals surface area (Å²) in [7, 11) is -2.14. The van der Waals surface area contributed by atoms with Gasteiger partial charge in [-0.2, -0.15) is 0 Å². The van der Waals surface area contributed by atoms with Crippen molar-refractivity contribution < 1.29 is 13.2 Å². The molecule has 34 heavy (non-hydrogen) atoms. The summed E-state index contributed by atoms with van der Waals surface area (Å²) in [4.78, 5) is 19.8. The average molecular weight is 494 g/mol. The number of carbonyl (C=O) groups excluding carboxylic acids is 1. The highest BCUT2D eigenvalue weighted by atomic mass is 32.2. The number of benzene rings is 3. The minimum Gasteiger partial charge on any atom is -0.333 e. The Labute approximate surface area is 204 Å². The smallest absolute Gasteiger partial charge is 0.264 e. The monoisotopic (exact) mass is 493 g/mol. The summed E-state index contributed by atoms with van der Waals surface area (Å²) in [5.41, 5.74) is 2.40. The van der Waals surface area contributed by atoms with Gasteiger partial charge in [0.25, 0.3) is 15.9 Å². The minimum atomic E-state index is -3.85. The van der Waals surface area contributed by atoms with Crippen LogP contribution in [0, 0.1) is 6.92 Å². The number of para-hydroxylation sites is 2. The van der Waals surface area contributed by atoms with E-state index in [9.17, 15) is 13.2 Å². The summed E-state index contributed by atoms with van der Waals surface area (Å²) < 4.78 is 29.6. The standard InChI is InChI=1S/C26H27N3O3S2/c1-5-29(21-11-7-6-8-12-21)34(31,32)24-17-20(16-15-18(24)2)26(30)28(4)19(3)25-27-22-13-9-10-14-23(22)33-25/h6-17,19H,5H2,1-4H3/t19-/m1/s1. The molecule has 0 saturated heterocycles. The molecule has 1 amide bonds. The Morgan fingerprint density at radius 1 is 1.03 bits per heavy atom. The normalized spacial score (nSPS) is 12.5. The lowest BCUT2D eigenvalue weighted by Crippen LogP contribution is -2.32. The third-order valence-corrected chi connectivity index (χ3v) is 9.16. The largest absolute Gasteiger partial charge is 0.333 e. The number of sulfonamides is 1. The Morgan fingerprint density at radius 3 is 2.38 bits per heavy atom. The van der Waals surface area contributed by atoms with Gasteiger partial charge < -0.3 is 4.90 Å². The molecule has 0 aliphatic heterocycles. The maximum atomic E-state index is 13.6. The van der Waals surface area contributed by atoms with E-state index in [-0.39, 0.29) is 23.4 Å². The van der Waals surface area contributed by atoms with Crippen LogP contribution in [0.4, 0.5) is 5.69 Å². The second-order valence-electron chi connectivity index (χ2n) is 8.10. The fourth-order valence-electron chi connectivity index (χ4n) is 3.83. The lowest BCUT2D eigenvalue weighted by atomic mass is 10.1. The van der Waals surface area contributed by atoms with Crippen molar-refractivity contribution in [1.29, 1.82) is 0 Å². The molecule has 8 heteroatoms. The Balaban J connectivity index is 1.66. The number of nitrogens with zero attached hydrogens (tertiary/aromatic N) is 3. The van der Waals surface area contributed by atoms with Crippen LogP contribution in [0.5, 0.6) is 0 Å². The number of hydrogen-bond donors (Lipinski definition) is 0. The van der Waals surface area contributed by atoms with Crippen molar-refractivity contribution in [1.82, 2.24) is 9.88 Å². The van der Waals surface area contributed by atoms with Crippen molar-refractivity contribution in [3.63, 3.8) is 0 Å². The quantitative estimate of drug-likeness (QED) is 0.333. The molecule has 0 saturated carbocycles. The highest BCUT2D eigenvalue weighted by Gasteiger charge is 2.28. The van der Waals surface area contributed by atoms with Gasteiger partial charge in [0.2, 0.25) is 0 Å². The molecule has 0 spiro atoms. The first-order chi connectivity index (χ1) is 16.2. The van der Waals surface area contributed by atoms with Crippen LogP contribution in [0.1, 0.15) is 40.8 Å². The van der Waals surface area contributed by atoms with Gasteiger partial charge in [-0.05, 0) is 62.7 Å². The molecule has 0 fully saturated rings. The molecule has 1 atom stereocenters. The van der Waals surface area contributed by atoms with Crippen molar-refractivity contribution in [2.45, 2.75) is 31.7 Å². The van der Waals surface area contributed by atoms with Crippen molar-refractivity contribution in [2.24, 2.45) is 0 Å². The summed E-state index contributed by atoms with van der Waals surface area (Å²) >= 11 is 1.55. The fraction of sp³-hybridized carbons (Fsp3) is 0.231. The number of aryl methyl sites for hydroxylation is 1. The third kappa shape index (κ3) is 4.43. The van der Waals surface area contributed by atoms with Crippen LogP contribution >= 0.6 is 11.3 Å². The van der Waals surface area contributed by atoms with Crippen LogP contribution in [-0.4, -0.2) is 37.8 Å². The molecule has 176 valence electrons. The van der Waals surface area contributed by atoms with Crippen LogP contribution in [0.3, 0.4) is 0 Å². The second kappa shape index (κ2) is 9.56. The molecule has 0 unspecified atom stereocenters. The van der Waals surface area contributed by atoms with Gasteiger partial charge in [-0.1, -0.05) is 36.4 Å². The number of rotatable bonds is 7. The van der Waals surface area contributed by atoms with Crippen LogP contribution < -0.4 is 4.31 Å². The predicted octanol–water partition coefficient (Wildman–Crippen LogP) is 5.65. The van der Waals surface area contributed by atoms with Crippen LogP contribution in [0.15, 0.2) is 77.7 Å². The molecule has 0 aliphatic carbocycles. The molecular formula is C26H27N3O3S2. The number of carbonyl (C=O) groups is 1. The molecule has 4 aromatic rings. The highest BCUT2D eigenvalue weighted by molar-refractivity contribution is 7.92. The van der Waals surface area contributed by atoms with Crippen LogP contribution in [-0.2, 0) is 10.0 Å². The Kier molecular flexibility index (Phi) is 6.72. The molecular weight excluding hydrogens is 466 g/mol. The summed E-state index contributed by atoms with van der Waals surface area (Å²) in [5, 5.41) is 0.832. The van der Waals surface area contributed by atoms with E-state index in [0.717, 1.165) is 15.2 Å². The Morgan fingerprint density at radius 2 is 1.71 bits per heavy atom. The van der Waals surface area contributed by atoms with Crippen molar-refractivity contribution >= 4 is 43.2 Å². The van der Waals surface area contributed by atoms with Crippen molar-refractivity contribution in [3.05, 3.63) is 88.9 Å². The number of fused-ring (bicyclic) bond motifs is 1. The van der Waals surface area contributed by atoms with Gasteiger partial charge >= 0.3 is 0 Å². The number of anilines is 1. The van der Waals surface area contributed by atoms with Crippen LogP contribution in [0.25, 0.3) is 10.2 Å². The van der Waals surface area contributed by atoms with Gasteiger partial charge in [0.1, 0.15) is 5.01 Å². The third-order valence-electron chi connectivity index (χ3n) is 5.90. The number of hydrogen-bond acceptors (Lipinski definition) is 5. The average Bonchev–Trinajstić information content (AvgIpc) is 3.28. The summed E-state index contributed by atoms with van der Waals surface area (Å²) in [5.74, 6) is -0.258. The van der Waals surface area contributed by atoms with Gasteiger partial charge in [0.15, 0.2) is 0 Å². The minimum absolute atomic E-state index is 0.130. The summed E-state index contributed by atoms with van der Waals surface area (Å²) in [6.45, 7) is 5.74. The summed E-state index contributed by atoms with van der Waals surface area (Å²) in [6, 6.07) is 21.4. The lowest BCUT2D eigenvalue weighted by Gasteiger charge is -2.25. The zero-order valence-corrected chi connectivity index (χ0v) is 21.2. The van der Waals surface area contributed by atoms with Gasteiger partial charge in [-0.15, -0.1) is 11.3 Å². The molecule has 0 aliphatic rings. The number of thiazole rings is 1. The van der Waals surface area contributed by atoms with Gasteiger partial charge in [-0.25, -0.2) is 13.4 Å². The van der Waals surface area contributed by atoms with E-state index >= 15 is 0 Å². The first kappa shape index (κ1) is 23.9. The first-order valence-electron chi connectivity index (χ1n) is 11.0. The SMILES string of the molecule is CCN(c1ccccc1)S(=O)(=O)c1cc(C(=O)N(C)[C@H](C)c2nc3ccccc3s2)ccc1C. The van der Waals surface area contributed by atoms with E-state index in [0.29, 0.717) is 16.8 Å². The molecule has 3 aromatic carbocycles. The van der Waals surface area contributed by atoms with E-state index in [2.05, 4.69) is 4.98 Å². The lowest BCUT2D eigenvalue weighted by molar-refractivity contribution is 0.0742. The van der Waals surface area contributed by atoms with E-state index in [4.69, 9.17) is 0 Å². The molecule has 1 heterocycles. The zero-order valence-electron chi connectivity index (χ0n) is 19.6. The van der Waals surface area contributed by atoms with E-state index in [1.165, 1.54) is 10.4 Å². The molecule has 1 aromatic heterocycles.